The van der Waals surface area contributed by atoms with Crippen LogP contribution in [0.1, 0.15) is 25.3 Å². The number of benzene rings is 1. The van der Waals surface area contributed by atoms with E-state index in [9.17, 15) is 0 Å². The van der Waals surface area contributed by atoms with E-state index in [-0.39, 0.29) is 6.10 Å². The second-order valence-electron chi connectivity index (χ2n) is 4.35. The van der Waals surface area contributed by atoms with E-state index in [0.717, 1.165) is 43.0 Å². The second-order valence-corrected chi connectivity index (χ2v) is 4.35. The molecule has 1 unspecified atom stereocenters. The quantitative estimate of drug-likeness (QED) is 0.695. The monoisotopic (exact) mass is 253 g/mol. The number of hydrogen-bond donors (Lipinski definition) is 2. The molecule has 0 aliphatic heterocycles. The van der Waals surface area contributed by atoms with Crippen molar-refractivity contribution in [3.05, 3.63) is 23.8 Å². The van der Waals surface area contributed by atoms with Gasteiger partial charge in [-0.15, -0.1) is 0 Å². The Hall–Kier alpha value is -1.26. The molecule has 0 aliphatic rings. The third kappa shape index (κ3) is 4.94. The average Bonchev–Trinajstić information content (AvgIpc) is 2.37. The minimum atomic E-state index is -0.224. The van der Waals surface area contributed by atoms with Crippen LogP contribution >= 0.6 is 0 Å². The van der Waals surface area contributed by atoms with E-state index in [0.29, 0.717) is 0 Å². The maximum Gasteiger partial charge on any atom is 0.123 e. The first-order valence-electron chi connectivity index (χ1n) is 6.27. The van der Waals surface area contributed by atoms with E-state index in [2.05, 4.69) is 5.32 Å². The molecule has 1 aromatic rings. The second kappa shape index (κ2) is 7.95. The third-order valence-electron chi connectivity index (χ3n) is 2.78. The molecule has 0 aromatic heterocycles. The van der Waals surface area contributed by atoms with Crippen LogP contribution < -0.4 is 14.8 Å². The van der Waals surface area contributed by atoms with Gasteiger partial charge in [-0.1, -0.05) is 0 Å². The molecule has 0 amide bonds. The minimum Gasteiger partial charge on any atom is -0.497 e. The fourth-order valence-electron chi connectivity index (χ4n) is 1.77. The van der Waals surface area contributed by atoms with Crippen LogP contribution in [-0.4, -0.2) is 32.0 Å². The summed E-state index contributed by atoms with van der Waals surface area (Å²) in [4.78, 5) is 0. The zero-order valence-electron chi connectivity index (χ0n) is 11.4. The summed E-state index contributed by atoms with van der Waals surface area (Å²) in [7, 11) is 3.32. The summed E-state index contributed by atoms with van der Waals surface area (Å²) in [5, 5.41) is 12.5. The average molecular weight is 253 g/mol. The fraction of sp³-hybridized carbons (Fsp3) is 0.571. The lowest BCUT2D eigenvalue weighted by molar-refractivity contribution is 0.181. The summed E-state index contributed by atoms with van der Waals surface area (Å²) in [6.45, 7) is 3.43. The molecule has 0 bridgehead atoms. The van der Waals surface area contributed by atoms with Crippen LogP contribution in [0.4, 0.5) is 0 Å². The predicted octanol–water partition coefficient (Wildman–Crippen LogP) is 1.95. The summed E-state index contributed by atoms with van der Waals surface area (Å²) >= 11 is 0. The zero-order valence-corrected chi connectivity index (χ0v) is 11.4. The molecule has 18 heavy (non-hydrogen) atoms. The lowest BCUT2D eigenvalue weighted by Gasteiger charge is -2.11. The summed E-state index contributed by atoms with van der Waals surface area (Å²) in [5.74, 6) is 1.69. The molecule has 4 heteroatoms. The van der Waals surface area contributed by atoms with Crippen molar-refractivity contribution in [3.8, 4) is 11.5 Å². The van der Waals surface area contributed by atoms with E-state index in [1.54, 1.807) is 14.2 Å². The number of aliphatic hydroxyl groups excluding tert-OH is 1. The molecule has 1 atom stereocenters. The number of nitrogens with one attached hydrogen (secondary N) is 1. The molecule has 0 heterocycles. The Morgan fingerprint density at radius 2 is 2.06 bits per heavy atom. The van der Waals surface area contributed by atoms with Gasteiger partial charge in [0.05, 0.1) is 20.3 Å². The first-order valence-corrected chi connectivity index (χ1v) is 6.27. The zero-order chi connectivity index (χ0) is 13.4. The molecule has 0 fully saturated rings. The Labute approximate surface area is 109 Å². The number of hydrogen-bond acceptors (Lipinski definition) is 4. The molecule has 1 aromatic carbocycles. The molecule has 0 aliphatic carbocycles. The van der Waals surface area contributed by atoms with Gasteiger partial charge in [-0.3, -0.25) is 0 Å². The summed E-state index contributed by atoms with van der Waals surface area (Å²) in [5.41, 5.74) is 1.08. The van der Waals surface area contributed by atoms with Crippen molar-refractivity contribution in [1.82, 2.24) is 5.32 Å². The van der Waals surface area contributed by atoms with E-state index >= 15 is 0 Å². The van der Waals surface area contributed by atoms with E-state index in [1.807, 2.05) is 25.1 Å². The molecule has 4 nitrogen and oxygen atoms in total. The van der Waals surface area contributed by atoms with Crippen LogP contribution in [0.5, 0.6) is 11.5 Å². The normalized spacial score (nSPS) is 12.2. The largest absolute Gasteiger partial charge is 0.497 e. The maximum atomic E-state index is 9.15. The van der Waals surface area contributed by atoms with Gasteiger partial charge in [-0.25, -0.2) is 0 Å². The Bertz CT molecular complexity index is 353. The summed E-state index contributed by atoms with van der Waals surface area (Å²) < 4.78 is 10.5. The fourth-order valence-corrected chi connectivity index (χ4v) is 1.77. The van der Waals surface area contributed by atoms with Crippen molar-refractivity contribution >= 4 is 0 Å². The Balaban J connectivity index is 2.44. The van der Waals surface area contributed by atoms with Crippen LogP contribution in [0, 0.1) is 0 Å². The highest BCUT2D eigenvalue weighted by Crippen LogP contribution is 2.23. The number of ether oxygens (including phenoxy) is 2. The van der Waals surface area contributed by atoms with Gasteiger partial charge in [-0.2, -0.15) is 0 Å². The molecule has 0 saturated heterocycles. The van der Waals surface area contributed by atoms with Gasteiger partial charge in [-0.05, 0) is 44.5 Å². The van der Waals surface area contributed by atoms with Gasteiger partial charge in [0, 0.05) is 12.1 Å². The lowest BCUT2D eigenvalue weighted by Crippen LogP contribution is -2.16. The van der Waals surface area contributed by atoms with Crippen molar-refractivity contribution in [2.75, 3.05) is 20.8 Å². The van der Waals surface area contributed by atoms with E-state index in [1.165, 1.54) is 0 Å². The first-order chi connectivity index (χ1) is 8.67. The Morgan fingerprint density at radius 1 is 1.28 bits per heavy atom. The maximum absolute atomic E-state index is 9.15. The SMILES string of the molecule is COc1ccc(OC)c(CNCCCC(C)O)c1. The lowest BCUT2D eigenvalue weighted by atomic mass is 10.1. The molecule has 0 saturated carbocycles. The highest BCUT2D eigenvalue weighted by molar-refractivity contribution is 5.40. The third-order valence-corrected chi connectivity index (χ3v) is 2.78. The highest BCUT2D eigenvalue weighted by Gasteiger charge is 2.04. The molecule has 2 N–H and O–H groups in total. The standard InChI is InChI=1S/C14H23NO3/c1-11(16)5-4-8-15-10-12-9-13(17-2)6-7-14(12)18-3/h6-7,9,11,15-16H,4-5,8,10H2,1-3H3. The van der Waals surface area contributed by atoms with Gasteiger partial charge in [0.25, 0.3) is 0 Å². The van der Waals surface area contributed by atoms with E-state index < -0.39 is 0 Å². The molecule has 1 rings (SSSR count). The number of aliphatic hydroxyl groups is 1. The van der Waals surface area contributed by atoms with Gasteiger partial charge >= 0.3 is 0 Å². The Morgan fingerprint density at radius 3 is 2.67 bits per heavy atom. The molecule has 0 radical (unpaired) electrons. The van der Waals surface area contributed by atoms with Crippen LogP contribution in [0.2, 0.25) is 0 Å². The minimum absolute atomic E-state index is 0.224. The van der Waals surface area contributed by atoms with Crippen molar-refractivity contribution in [2.24, 2.45) is 0 Å². The predicted molar refractivity (Wildman–Crippen MR) is 72.2 cm³/mol. The van der Waals surface area contributed by atoms with Gasteiger partial charge in [0.1, 0.15) is 11.5 Å². The van der Waals surface area contributed by atoms with Gasteiger partial charge in [0.2, 0.25) is 0 Å². The highest BCUT2D eigenvalue weighted by atomic mass is 16.5. The summed E-state index contributed by atoms with van der Waals surface area (Å²) in [6.07, 6.45) is 1.56. The van der Waals surface area contributed by atoms with E-state index in [4.69, 9.17) is 14.6 Å². The molecular weight excluding hydrogens is 230 g/mol. The molecule has 0 spiro atoms. The van der Waals surface area contributed by atoms with Crippen molar-refractivity contribution < 1.29 is 14.6 Å². The van der Waals surface area contributed by atoms with Crippen LogP contribution in [0.3, 0.4) is 0 Å². The summed E-state index contributed by atoms with van der Waals surface area (Å²) in [6, 6.07) is 5.77. The Kier molecular flexibility index (Phi) is 6.54. The molecular formula is C14H23NO3. The van der Waals surface area contributed by atoms with Crippen molar-refractivity contribution in [2.45, 2.75) is 32.4 Å². The van der Waals surface area contributed by atoms with Crippen LogP contribution in [0.15, 0.2) is 18.2 Å². The van der Waals surface area contributed by atoms with Crippen molar-refractivity contribution in [3.63, 3.8) is 0 Å². The van der Waals surface area contributed by atoms with Gasteiger partial charge in [0.15, 0.2) is 0 Å². The topological polar surface area (TPSA) is 50.7 Å². The van der Waals surface area contributed by atoms with Crippen LogP contribution in [-0.2, 0) is 6.54 Å². The van der Waals surface area contributed by atoms with Crippen molar-refractivity contribution in [1.29, 1.82) is 0 Å². The first kappa shape index (κ1) is 14.8. The number of rotatable bonds is 8. The smallest absolute Gasteiger partial charge is 0.123 e. The van der Waals surface area contributed by atoms with Gasteiger partial charge < -0.3 is 19.9 Å². The van der Waals surface area contributed by atoms with Crippen LogP contribution in [0.25, 0.3) is 0 Å². The number of methoxy groups -OCH3 is 2. The molecule has 102 valence electrons.